The highest BCUT2D eigenvalue weighted by Crippen LogP contribution is 2.13. The maximum Gasteiger partial charge on any atom is 0.307 e. The molecule has 0 saturated heterocycles. The maximum absolute atomic E-state index is 10.9. The van der Waals surface area contributed by atoms with Gasteiger partial charge in [0.25, 0.3) is 0 Å². The Kier molecular flexibility index (Phi) is 4.16. The van der Waals surface area contributed by atoms with E-state index in [2.05, 4.69) is 15.3 Å². The molecule has 2 rings (SSSR count). The summed E-state index contributed by atoms with van der Waals surface area (Å²) >= 11 is 0. The molecule has 0 saturated carbocycles. The van der Waals surface area contributed by atoms with Crippen molar-refractivity contribution in [1.29, 1.82) is 0 Å². The summed E-state index contributed by atoms with van der Waals surface area (Å²) in [5.41, 5.74) is 3.09. The fourth-order valence-corrected chi connectivity index (χ4v) is 2.09. The van der Waals surface area contributed by atoms with Crippen LogP contribution in [0.2, 0.25) is 0 Å². The van der Waals surface area contributed by atoms with Gasteiger partial charge in [-0.15, -0.1) is 0 Å². The number of hydrogen-bond acceptors (Lipinski definition) is 3. The first-order valence-corrected chi connectivity index (χ1v) is 6.49. The molecule has 1 aromatic carbocycles. The number of aliphatic carboxylic acids is 1. The molecule has 1 heterocycles. The van der Waals surface area contributed by atoms with Crippen LogP contribution in [0.25, 0.3) is 11.0 Å². The van der Waals surface area contributed by atoms with Gasteiger partial charge in [0.05, 0.1) is 17.0 Å². The van der Waals surface area contributed by atoms with E-state index < -0.39 is 5.97 Å². The number of rotatable bonds is 6. The molecule has 2 aromatic rings. The fourth-order valence-electron chi connectivity index (χ4n) is 2.09. The number of nitrogens with zero attached hydrogens (tertiary/aromatic N) is 1. The van der Waals surface area contributed by atoms with Gasteiger partial charge in [0.1, 0.15) is 5.82 Å². The molecule has 1 unspecified atom stereocenters. The third-order valence-corrected chi connectivity index (χ3v) is 3.23. The normalized spacial score (nSPS) is 12.7. The number of aryl methyl sites for hydroxylation is 1. The zero-order chi connectivity index (χ0) is 13.8. The van der Waals surface area contributed by atoms with E-state index in [1.165, 1.54) is 0 Å². The zero-order valence-corrected chi connectivity index (χ0v) is 11.2. The van der Waals surface area contributed by atoms with Crippen molar-refractivity contribution >= 4 is 17.0 Å². The van der Waals surface area contributed by atoms with E-state index in [9.17, 15) is 4.79 Å². The van der Waals surface area contributed by atoms with E-state index in [0.29, 0.717) is 19.5 Å². The number of carboxylic acids is 1. The minimum Gasteiger partial charge on any atom is -0.481 e. The van der Waals surface area contributed by atoms with Crippen molar-refractivity contribution in [2.45, 2.75) is 26.8 Å². The Labute approximate surface area is 112 Å². The molecule has 0 amide bonds. The van der Waals surface area contributed by atoms with Crippen molar-refractivity contribution in [2.24, 2.45) is 5.92 Å². The Morgan fingerprint density at radius 2 is 2.32 bits per heavy atom. The van der Waals surface area contributed by atoms with Crippen LogP contribution < -0.4 is 5.32 Å². The monoisotopic (exact) mass is 261 g/mol. The number of aromatic nitrogens is 2. The SMILES string of the molecule is CCC(CNCc1ccc2nc(C)[nH]c2c1)C(=O)O. The van der Waals surface area contributed by atoms with Gasteiger partial charge in [-0.3, -0.25) is 4.79 Å². The molecule has 0 aliphatic heterocycles. The Morgan fingerprint density at radius 1 is 1.53 bits per heavy atom. The van der Waals surface area contributed by atoms with E-state index in [1.807, 2.05) is 32.0 Å². The highest BCUT2D eigenvalue weighted by Gasteiger charge is 2.13. The van der Waals surface area contributed by atoms with E-state index in [-0.39, 0.29) is 5.92 Å². The quantitative estimate of drug-likeness (QED) is 0.744. The summed E-state index contributed by atoms with van der Waals surface area (Å²) in [6.45, 7) is 4.97. The summed E-state index contributed by atoms with van der Waals surface area (Å²) < 4.78 is 0. The predicted octanol–water partition coefficient (Wildman–Crippen LogP) is 2.07. The van der Waals surface area contributed by atoms with Gasteiger partial charge in [-0.2, -0.15) is 0 Å². The standard InChI is InChI=1S/C14H19N3O2/c1-3-11(14(18)19)8-15-7-10-4-5-12-13(6-10)17-9(2)16-12/h4-6,11,15H,3,7-8H2,1-2H3,(H,16,17)(H,18,19). The van der Waals surface area contributed by atoms with Crippen LogP contribution in [0.1, 0.15) is 24.7 Å². The molecule has 102 valence electrons. The molecule has 1 aromatic heterocycles. The maximum atomic E-state index is 10.9. The fraction of sp³-hybridized carbons (Fsp3) is 0.429. The summed E-state index contributed by atoms with van der Waals surface area (Å²) in [6, 6.07) is 6.03. The molecule has 5 nitrogen and oxygen atoms in total. The molecule has 0 fully saturated rings. The zero-order valence-electron chi connectivity index (χ0n) is 11.2. The van der Waals surface area contributed by atoms with Gasteiger partial charge in [0, 0.05) is 13.1 Å². The molecule has 1 atom stereocenters. The van der Waals surface area contributed by atoms with Crippen molar-refractivity contribution in [3.05, 3.63) is 29.6 Å². The number of H-pyrrole nitrogens is 1. The average Bonchev–Trinajstić information content (AvgIpc) is 2.73. The third kappa shape index (κ3) is 3.32. The first-order chi connectivity index (χ1) is 9.10. The van der Waals surface area contributed by atoms with E-state index in [4.69, 9.17) is 5.11 Å². The Hall–Kier alpha value is -1.88. The number of nitrogens with one attached hydrogen (secondary N) is 2. The highest BCUT2D eigenvalue weighted by molar-refractivity contribution is 5.75. The van der Waals surface area contributed by atoms with Crippen LogP contribution in [0.3, 0.4) is 0 Å². The van der Waals surface area contributed by atoms with Crippen molar-refractivity contribution in [1.82, 2.24) is 15.3 Å². The van der Waals surface area contributed by atoms with Crippen LogP contribution in [0, 0.1) is 12.8 Å². The molecule has 0 bridgehead atoms. The van der Waals surface area contributed by atoms with Crippen LogP contribution in [-0.4, -0.2) is 27.6 Å². The van der Waals surface area contributed by atoms with E-state index >= 15 is 0 Å². The average molecular weight is 261 g/mol. The Morgan fingerprint density at radius 3 is 3.00 bits per heavy atom. The van der Waals surface area contributed by atoms with E-state index in [0.717, 1.165) is 22.4 Å². The summed E-state index contributed by atoms with van der Waals surface area (Å²) in [6.07, 6.45) is 0.640. The number of carboxylic acid groups (broad SMARTS) is 1. The number of carbonyl (C=O) groups is 1. The van der Waals surface area contributed by atoms with Gasteiger partial charge in [-0.05, 0) is 31.0 Å². The van der Waals surface area contributed by atoms with Crippen LogP contribution in [-0.2, 0) is 11.3 Å². The second-order valence-corrected chi connectivity index (χ2v) is 4.75. The molecule has 0 aliphatic rings. The first-order valence-electron chi connectivity index (χ1n) is 6.49. The smallest absolute Gasteiger partial charge is 0.307 e. The summed E-state index contributed by atoms with van der Waals surface area (Å²) in [5.74, 6) is -0.162. The van der Waals surface area contributed by atoms with Gasteiger partial charge < -0.3 is 15.4 Å². The third-order valence-electron chi connectivity index (χ3n) is 3.23. The van der Waals surface area contributed by atoms with Crippen LogP contribution in [0.4, 0.5) is 0 Å². The summed E-state index contributed by atoms with van der Waals surface area (Å²) in [4.78, 5) is 18.4. The van der Waals surface area contributed by atoms with Crippen molar-refractivity contribution < 1.29 is 9.90 Å². The second kappa shape index (κ2) is 5.84. The van der Waals surface area contributed by atoms with Crippen molar-refractivity contribution in [3.8, 4) is 0 Å². The lowest BCUT2D eigenvalue weighted by atomic mass is 10.1. The molecular weight excluding hydrogens is 242 g/mol. The molecular formula is C14H19N3O2. The van der Waals surface area contributed by atoms with E-state index in [1.54, 1.807) is 0 Å². The summed E-state index contributed by atoms with van der Waals surface area (Å²) in [7, 11) is 0. The van der Waals surface area contributed by atoms with Gasteiger partial charge in [-0.25, -0.2) is 4.98 Å². The number of benzene rings is 1. The van der Waals surface area contributed by atoms with Gasteiger partial charge >= 0.3 is 5.97 Å². The molecule has 0 spiro atoms. The lowest BCUT2D eigenvalue weighted by Crippen LogP contribution is -2.27. The Bertz CT molecular complexity index is 577. The minimum absolute atomic E-state index is 0.321. The molecule has 3 N–H and O–H groups in total. The van der Waals surface area contributed by atoms with Gasteiger partial charge in [-0.1, -0.05) is 13.0 Å². The molecule has 0 aliphatic carbocycles. The number of imidazole rings is 1. The predicted molar refractivity (Wildman–Crippen MR) is 74.0 cm³/mol. The molecule has 0 radical (unpaired) electrons. The number of fused-ring (bicyclic) bond motifs is 1. The lowest BCUT2D eigenvalue weighted by molar-refractivity contribution is -0.141. The van der Waals surface area contributed by atoms with Crippen LogP contribution in [0.5, 0.6) is 0 Å². The topological polar surface area (TPSA) is 78.0 Å². The highest BCUT2D eigenvalue weighted by atomic mass is 16.4. The summed E-state index contributed by atoms with van der Waals surface area (Å²) in [5, 5.41) is 12.2. The Balaban J connectivity index is 1.96. The van der Waals surface area contributed by atoms with Crippen molar-refractivity contribution in [2.75, 3.05) is 6.54 Å². The largest absolute Gasteiger partial charge is 0.481 e. The van der Waals surface area contributed by atoms with Crippen molar-refractivity contribution in [3.63, 3.8) is 0 Å². The van der Waals surface area contributed by atoms with Gasteiger partial charge in [0.15, 0.2) is 0 Å². The second-order valence-electron chi connectivity index (χ2n) is 4.75. The number of aromatic amines is 1. The number of hydrogen-bond donors (Lipinski definition) is 3. The first kappa shape index (κ1) is 13.5. The van der Waals surface area contributed by atoms with Crippen LogP contribution >= 0.6 is 0 Å². The minimum atomic E-state index is -0.741. The lowest BCUT2D eigenvalue weighted by Gasteiger charge is -2.10. The molecule has 5 heteroatoms. The van der Waals surface area contributed by atoms with Crippen LogP contribution in [0.15, 0.2) is 18.2 Å². The van der Waals surface area contributed by atoms with Gasteiger partial charge in [0.2, 0.25) is 0 Å². The molecule has 19 heavy (non-hydrogen) atoms.